The number of oxazole rings is 2. The van der Waals surface area contributed by atoms with Crippen LogP contribution in [-0.2, 0) is 162 Å². The second-order valence-electron chi connectivity index (χ2n) is 33.6. The van der Waals surface area contributed by atoms with Crippen molar-refractivity contribution in [3.05, 3.63) is 416 Å². The van der Waals surface area contributed by atoms with Crippen molar-refractivity contribution in [3.8, 4) is 109 Å². The topological polar surface area (TPSA) is 217 Å². The standard InChI is InChI=1S/C29H22N4.C27H28N2S2.C21H16N2S2.C17H10N4O2.C17H10N4S2.5Pt/c1-32-26-15-5-3-9-20(26)17-28(32)24-13-7-11-22(30-24)19-23-12-8-14-25(31-23)29-18-21-10-4-6-16-27(21)33(29)2;1-26(2,3)24-15-13-22(30-24)20-11-7-9-18(28-20)17-19-10-8-12-21(29-19)23-14-16-25(31-23)27(4,5)6;1-14-9-11-20(24-14)18-7-3-5-16(22-18)13-17-6-4-8-19(23-17)21-12-10-15(2)25-21;2*1-3-12(20-14(5-1)16-8-18-10-22-16)7-13-4-2-6-15(21-13)17-9-19-11-23-17;;;;;/h3-16H,19H2,1-2H3;7-12,15-16H,17H2,1-6H3;3-10H,13H2,1-2H3;2*1-6,10-11H,7H2;;;;;/q5*-2;5*+2. The molecule has 20 heterocycles. The Balaban J connectivity index is 0.000000147. The van der Waals surface area contributed by atoms with Crippen molar-refractivity contribution in [1.82, 2.24) is 78.9 Å². The molecule has 0 aliphatic carbocycles. The Kier molecular flexibility index (Phi) is 37.6. The molecule has 0 bridgehead atoms. The number of fused-ring (bicyclic) bond motifs is 2. The van der Waals surface area contributed by atoms with Crippen LogP contribution >= 0.6 is 68.0 Å². The van der Waals surface area contributed by atoms with E-state index in [9.17, 15) is 0 Å². The third-order valence-electron chi connectivity index (χ3n) is 21.4. The first-order chi connectivity index (χ1) is 65.7. The summed E-state index contributed by atoms with van der Waals surface area (Å²) in [5.74, 6) is 1.04. The van der Waals surface area contributed by atoms with Gasteiger partial charge in [0, 0.05) is 137 Å². The van der Waals surface area contributed by atoms with E-state index in [2.05, 4.69) is 313 Å². The number of nitrogens with zero attached hydrogens (tertiary/aromatic N) is 16. The molecule has 18 nitrogen and oxygen atoms in total. The molecule has 0 saturated carbocycles. The predicted octanol–water partition coefficient (Wildman–Crippen LogP) is 26.3. The average Bonchev–Trinajstić information content (AvgIpc) is 1.65. The minimum absolute atomic E-state index is 0. The largest absolute Gasteiger partial charge is 2.00 e. The summed E-state index contributed by atoms with van der Waals surface area (Å²) in [5, 5.41) is 2.20. The van der Waals surface area contributed by atoms with E-state index in [1.165, 1.54) is 55.0 Å². The van der Waals surface area contributed by atoms with Crippen molar-refractivity contribution in [2.24, 2.45) is 14.1 Å². The molecular weight excluding hydrogens is 2760 g/mol. The van der Waals surface area contributed by atoms with E-state index in [-0.39, 0.29) is 116 Å². The summed E-state index contributed by atoms with van der Waals surface area (Å²) >= 11 is 10.1. The van der Waals surface area contributed by atoms with Crippen LogP contribution in [0.5, 0.6) is 0 Å². The molecule has 22 aromatic rings. The van der Waals surface area contributed by atoms with E-state index < -0.39 is 0 Å². The molecule has 20 aromatic heterocycles. The number of thiazole rings is 2. The van der Waals surface area contributed by atoms with E-state index in [4.69, 9.17) is 38.7 Å². The van der Waals surface area contributed by atoms with Gasteiger partial charge in [-0.05, 0) is 151 Å². The Hall–Kier alpha value is -11.1. The zero-order chi connectivity index (χ0) is 92.8. The van der Waals surface area contributed by atoms with Gasteiger partial charge < -0.3 is 77.8 Å². The van der Waals surface area contributed by atoms with Crippen LogP contribution in [0.15, 0.2) is 287 Å². The molecule has 0 unspecified atom stereocenters. The quantitative estimate of drug-likeness (QED) is 0.0648. The van der Waals surface area contributed by atoms with Crippen molar-refractivity contribution in [2.45, 2.75) is 98.3 Å². The fraction of sp³-hybridized carbons (Fsp3) is 0.153. The van der Waals surface area contributed by atoms with Gasteiger partial charge in [0.25, 0.3) is 0 Å². The second kappa shape index (κ2) is 49.6. The maximum absolute atomic E-state index is 5.22. The minimum atomic E-state index is 0. The summed E-state index contributed by atoms with van der Waals surface area (Å²) in [6, 6.07) is 106. The van der Waals surface area contributed by atoms with Gasteiger partial charge in [0.15, 0.2) is 0 Å². The molecule has 140 heavy (non-hydrogen) atoms. The molecule has 0 saturated heterocycles. The van der Waals surface area contributed by atoms with Gasteiger partial charge in [-0.25, -0.2) is 68.0 Å². The molecule has 708 valence electrons. The normalized spacial score (nSPS) is 10.9. The van der Waals surface area contributed by atoms with Crippen molar-refractivity contribution >= 4 is 89.8 Å². The van der Waals surface area contributed by atoms with E-state index in [0.717, 1.165) is 171 Å². The predicted molar refractivity (Wildman–Crippen MR) is 542 cm³/mol. The third kappa shape index (κ3) is 27.4. The van der Waals surface area contributed by atoms with Crippen molar-refractivity contribution in [3.63, 3.8) is 0 Å². The molecule has 0 fully saturated rings. The van der Waals surface area contributed by atoms with Gasteiger partial charge in [-0.1, -0.05) is 262 Å². The summed E-state index contributed by atoms with van der Waals surface area (Å²) in [4.78, 5) is 74.7. The van der Waals surface area contributed by atoms with E-state index in [1.807, 2.05) is 121 Å². The molecule has 0 atom stereocenters. The first kappa shape index (κ1) is 106. The monoisotopic (exact) mass is 2840 g/mol. The van der Waals surface area contributed by atoms with Crippen LogP contribution in [0.2, 0.25) is 0 Å². The van der Waals surface area contributed by atoms with Crippen LogP contribution in [0, 0.1) is 75.0 Å². The smallest absolute Gasteiger partial charge is 0.525 e. The molecular formula is C111H86N16O2Pt5S6. The Morgan fingerprint density at radius 3 is 0.786 bits per heavy atom. The second-order valence-corrected chi connectivity index (χ2v) is 40.0. The van der Waals surface area contributed by atoms with Crippen LogP contribution in [0.1, 0.15) is 118 Å². The van der Waals surface area contributed by atoms with Gasteiger partial charge in [-0.15, -0.1) is 47.2 Å². The SMILES string of the molecule is CC(C)(C)c1c[c-]c(-c2cccc(Cc3cccc(-c4[c-]cc(C(C)(C)C)s4)n3)n2)s1.Cc1c[c-]c(-c2cccc(Cc3cccc(-c4[c-]cc(C)s4)n3)n2)s1.Cn1c(-c2cccc(Cc3cccc(-c4[c-]c5ccccc5n4C)n3)n2)[c-]c2ccccc21.[Pt+2].[Pt+2].[Pt+2].[Pt+2].[Pt+2].[c-]1ncoc1-c1cccc(Cc2cccc(-c3[c-]nco3)n2)n1.[c-]1ncsc1-c1cccc(Cc2cccc(-c3[c-]ncs3)n2)n1. The van der Waals surface area contributed by atoms with Crippen molar-refractivity contribution < 1.29 is 114 Å². The number of para-hydroxylation sites is 2. The first-order valence-corrected chi connectivity index (χ1v) is 48.5. The van der Waals surface area contributed by atoms with Crippen LogP contribution in [0.4, 0.5) is 0 Å². The Labute approximate surface area is 910 Å². The third-order valence-corrected chi connectivity index (χ3v) is 27.8. The molecule has 0 aliphatic heterocycles. The fourth-order valence-corrected chi connectivity index (χ4v) is 19.3. The number of benzene rings is 2. The maximum atomic E-state index is 5.22. The molecule has 2 aromatic carbocycles. The van der Waals surface area contributed by atoms with Crippen LogP contribution in [-0.4, -0.2) is 78.9 Å². The summed E-state index contributed by atoms with van der Waals surface area (Å²) in [7, 11) is 4.13. The van der Waals surface area contributed by atoms with Gasteiger partial charge in [0.1, 0.15) is 0 Å². The van der Waals surface area contributed by atoms with E-state index >= 15 is 0 Å². The number of hydrogen-bond donors (Lipinski definition) is 0. The number of rotatable bonds is 20. The van der Waals surface area contributed by atoms with Gasteiger partial charge >= 0.3 is 105 Å². The van der Waals surface area contributed by atoms with Crippen LogP contribution in [0.3, 0.4) is 0 Å². The fourth-order valence-electron chi connectivity index (χ4n) is 14.7. The zero-order valence-electron chi connectivity index (χ0n) is 77.1. The molecule has 22 rings (SSSR count). The molecule has 0 amide bonds. The molecule has 0 N–H and O–H groups in total. The number of aryl methyl sites for hydroxylation is 4. The van der Waals surface area contributed by atoms with Gasteiger partial charge in [0.2, 0.25) is 0 Å². The Morgan fingerprint density at radius 2 is 0.536 bits per heavy atom. The van der Waals surface area contributed by atoms with Gasteiger partial charge in [-0.2, -0.15) is 48.5 Å². The molecule has 0 radical (unpaired) electrons. The van der Waals surface area contributed by atoms with Crippen molar-refractivity contribution in [2.75, 3.05) is 0 Å². The summed E-state index contributed by atoms with van der Waals surface area (Å²) in [5.41, 5.74) is 26.8. The Bertz CT molecular complexity index is 7150. The number of thiophene rings is 4. The van der Waals surface area contributed by atoms with Gasteiger partial charge in [-0.3, -0.25) is 9.97 Å². The molecule has 0 aliphatic rings. The van der Waals surface area contributed by atoms with E-state index in [1.54, 1.807) is 56.4 Å². The average molecular weight is 2840 g/mol. The molecule has 29 heteroatoms. The number of aromatic nitrogens is 16. The summed E-state index contributed by atoms with van der Waals surface area (Å²) in [6.45, 7) is 17.6. The van der Waals surface area contributed by atoms with Crippen LogP contribution < -0.4 is 0 Å². The van der Waals surface area contributed by atoms with Crippen LogP contribution in [0.25, 0.3) is 131 Å². The number of pyridine rings is 10. The number of hydrogen-bond acceptors (Lipinski definition) is 22. The van der Waals surface area contributed by atoms with Crippen molar-refractivity contribution in [1.29, 1.82) is 0 Å². The summed E-state index contributed by atoms with van der Waals surface area (Å²) in [6.07, 6.45) is 17.4. The summed E-state index contributed by atoms with van der Waals surface area (Å²) < 4.78 is 14.7. The Morgan fingerprint density at radius 1 is 0.279 bits per heavy atom. The molecule has 0 spiro atoms. The van der Waals surface area contributed by atoms with Gasteiger partial charge in [0.05, 0.1) is 12.8 Å². The maximum Gasteiger partial charge on any atom is 2.00 e. The van der Waals surface area contributed by atoms with E-state index in [0.29, 0.717) is 48.6 Å². The minimum Gasteiger partial charge on any atom is -0.525 e. The zero-order valence-corrected chi connectivity index (χ0v) is 93.4. The first-order valence-electron chi connectivity index (χ1n) is 43.5.